The first-order chi connectivity index (χ1) is 34.3. The highest BCUT2D eigenvalue weighted by molar-refractivity contribution is 6.19. The van der Waals surface area contributed by atoms with Gasteiger partial charge in [-0.05, 0) is 81.4 Å². The van der Waals surface area contributed by atoms with Crippen LogP contribution in [0.2, 0.25) is 0 Å². The van der Waals surface area contributed by atoms with E-state index < -0.39 is 53.1 Å². The number of anilines is 2. The molecule has 0 aliphatic carbocycles. The average Bonchev–Trinajstić information content (AvgIpc) is 3.86. The first-order valence-corrected chi connectivity index (χ1v) is 25.5. The van der Waals surface area contributed by atoms with Crippen molar-refractivity contribution in [2.24, 2.45) is 39.6 Å². The van der Waals surface area contributed by atoms with Crippen molar-refractivity contribution in [2.45, 2.75) is 131 Å². The van der Waals surface area contributed by atoms with Crippen molar-refractivity contribution < 1.29 is 49.0 Å². The van der Waals surface area contributed by atoms with Crippen LogP contribution in [0, 0.1) is 36.5 Å². The van der Waals surface area contributed by atoms with E-state index in [0.29, 0.717) is 50.3 Å². The van der Waals surface area contributed by atoms with Gasteiger partial charge in [0.05, 0.1) is 34.4 Å². The second kappa shape index (κ2) is 22.4. The predicted octanol–water partition coefficient (Wildman–Crippen LogP) is 7.31. The van der Waals surface area contributed by atoms with Gasteiger partial charge in [-0.2, -0.15) is 0 Å². The van der Waals surface area contributed by atoms with Crippen molar-refractivity contribution in [3.05, 3.63) is 82.5 Å². The molecule has 5 bridgehead atoms. The van der Waals surface area contributed by atoms with Gasteiger partial charge in [-0.1, -0.05) is 59.8 Å². The standard InChI is InChI=1S/C54H71N7O9.CH4O/c1-30(2)29-60-24-19-54(20-25-60)58-42-39-40-46(63)36(8)49-41(39)50(65)53(9,70-49)68-26-12-15-32(4)48(69-52(67)61-22-17-37(18-23-61)56-38-16-11-21-55-28-38)35(7)45(62)34(6)27-31(3)13-10-14-33(5)51(66)57-44(47(40)64)43(42)59-54;1-2/h10-14,16,21,26,28,30-32,34-35,37,45,48,56,62-64H,15,17-20,22-25,27,29H2,1-9H3,(H,57,66);2H,1H3/b13-10+,26-12+,33-14-;/t31?,32-,34-,35-,45?,48?,53?;/m1./s1. The van der Waals surface area contributed by atoms with Crippen molar-refractivity contribution in [3.63, 3.8) is 0 Å². The fourth-order valence-electron chi connectivity index (χ4n) is 10.9. The molecule has 17 nitrogen and oxygen atoms in total. The van der Waals surface area contributed by atoms with Crippen LogP contribution in [0.3, 0.4) is 0 Å². The Labute approximate surface area is 422 Å². The zero-order chi connectivity index (χ0) is 52.2. The molecule has 3 aromatic rings. The number of nitrogens with one attached hydrogen (secondary N) is 2. The number of phenols is 2. The Morgan fingerprint density at radius 3 is 2.35 bits per heavy atom. The highest BCUT2D eigenvalue weighted by atomic mass is 16.7. The molecule has 7 atom stereocenters. The van der Waals surface area contributed by atoms with E-state index in [1.807, 2.05) is 52.0 Å². The summed E-state index contributed by atoms with van der Waals surface area (Å²) in [6.45, 7) is 20.4. The smallest absolute Gasteiger partial charge is 0.410 e. The number of aromatic hydroxyl groups is 2. The number of carbonyl (C=O) groups is 3. The zero-order valence-electron chi connectivity index (χ0n) is 43.6. The van der Waals surface area contributed by atoms with Crippen molar-refractivity contribution in [3.8, 4) is 17.2 Å². The van der Waals surface area contributed by atoms with E-state index in [0.717, 1.165) is 45.3 Å². The number of aromatic nitrogens is 1. The topological polar surface area (TPSA) is 228 Å². The molecule has 4 unspecified atom stereocenters. The van der Waals surface area contributed by atoms with Crippen molar-refractivity contribution in [2.75, 3.05) is 50.5 Å². The third-order valence-electron chi connectivity index (χ3n) is 14.9. The van der Waals surface area contributed by atoms with Gasteiger partial charge in [0.25, 0.3) is 11.7 Å². The largest absolute Gasteiger partial charge is 0.507 e. The number of ether oxygens (including phenoxy) is 3. The second-order valence-electron chi connectivity index (χ2n) is 21.1. The third-order valence-corrected chi connectivity index (χ3v) is 14.9. The molecule has 6 N–H and O–H groups in total. The molecule has 2 fully saturated rings. The van der Waals surface area contributed by atoms with Crippen LogP contribution < -0.4 is 26.1 Å². The van der Waals surface area contributed by atoms with Crippen molar-refractivity contribution >= 4 is 39.9 Å². The first-order valence-electron chi connectivity index (χ1n) is 25.5. The summed E-state index contributed by atoms with van der Waals surface area (Å²) in [5.41, 5.74) is 0.613. The number of benzene rings is 2. The van der Waals surface area contributed by atoms with Crippen LogP contribution in [0.25, 0.3) is 10.8 Å². The fraction of sp³-hybridized carbons (Fsp3) is 0.564. The van der Waals surface area contributed by atoms with Gasteiger partial charge in [0.15, 0.2) is 11.4 Å². The van der Waals surface area contributed by atoms with Crippen LogP contribution in [0.15, 0.2) is 70.7 Å². The maximum atomic E-state index is 14.8. The van der Waals surface area contributed by atoms with Crippen LogP contribution in [0.1, 0.15) is 110 Å². The van der Waals surface area contributed by atoms with Crippen LogP contribution in [0.4, 0.5) is 16.2 Å². The number of hydrogen-bond acceptors (Lipinski definition) is 15. The number of pyridine rings is 1. The molecular formula is C55H75N7O10. The lowest BCUT2D eigenvalue weighted by molar-refractivity contribution is -0.112. The predicted molar refractivity (Wildman–Crippen MR) is 275 cm³/mol. The Morgan fingerprint density at radius 1 is 0.986 bits per heavy atom. The lowest BCUT2D eigenvalue weighted by atomic mass is 9.80. The number of hydrogen-bond donors (Lipinski definition) is 6. The zero-order valence-corrected chi connectivity index (χ0v) is 43.6. The molecule has 1 spiro atoms. The Morgan fingerprint density at radius 2 is 1.68 bits per heavy atom. The van der Waals surface area contributed by atoms with E-state index in [2.05, 4.69) is 34.4 Å². The van der Waals surface area contributed by atoms with Gasteiger partial charge in [-0.25, -0.2) is 4.79 Å². The van der Waals surface area contributed by atoms with Crippen molar-refractivity contribution in [1.82, 2.24) is 14.8 Å². The minimum Gasteiger partial charge on any atom is -0.507 e. The molecule has 9 rings (SSSR count). The van der Waals surface area contributed by atoms with E-state index >= 15 is 0 Å². The van der Waals surface area contributed by atoms with E-state index in [4.69, 9.17) is 29.3 Å². The van der Waals surface area contributed by atoms with Gasteiger partial charge in [0, 0.05) is 100 Å². The summed E-state index contributed by atoms with van der Waals surface area (Å²) in [6, 6.07) is 4.03. The average molecular weight is 994 g/mol. The number of carbonyl (C=O) groups excluding carboxylic acids is 3. The Balaban J connectivity index is 0.00000376. The third kappa shape index (κ3) is 11.1. The summed E-state index contributed by atoms with van der Waals surface area (Å²) in [6.07, 6.45) is 13.7. The molecule has 2 amide bonds. The second-order valence-corrected chi connectivity index (χ2v) is 21.1. The van der Waals surface area contributed by atoms with Gasteiger partial charge in [-0.3, -0.25) is 24.6 Å². The Kier molecular flexibility index (Phi) is 16.7. The van der Waals surface area contributed by atoms with E-state index in [9.17, 15) is 29.7 Å². The van der Waals surface area contributed by atoms with Crippen LogP contribution in [-0.2, 0) is 14.3 Å². The minimum absolute atomic E-state index is 0.00459. The number of ketones is 1. The number of amides is 2. The normalized spacial score (nSPS) is 28.6. The number of rotatable bonds is 5. The lowest BCUT2D eigenvalue weighted by Crippen LogP contribution is -2.47. The quantitative estimate of drug-likeness (QED) is 0.138. The molecule has 6 aliphatic heterocycles. The summed E-state index contributed by atoms with van der Waals surface area (Å²) in [5, 5.41) is 50.0. The number of aliphatic hydroxyl groups excluding tert-OH is 2. The molecule has 7 heterocycles. The molecule has 1 aromatic heterocycles. The molecule has 2 aromatic carbocycles. The van der Waals surface area contributed by atoms with Gasteiger partial charge < -0.3 is 55.1 Å². The van der Waals surface area contributed by atoms with Gasteiger partial charge in [-0.15, -0.1) is 0 Å². The number of nitrogens with zero attached hydrogens (tertiary/aromatic N) is 5. The molecule has 17 heteroatoms. The molecule has 6 aliphatic rings. The Bertz CT molecular complexity index is 2710. The number of allylic oxidation sites excluding steroid dienone is 4. The molecule has 390 valence electrons. The van der Waals surface area contributed by atoms with Gasteiger partial charge >= 0.3 is 11.9 Å². The van der Waals surface area contributed by atoms with Crippen LogP contribution in [0.5, 0.6) is 17.2 Å². The van der Waals surface area contributed by atoms with E-state index in [1.165, 1.54) is 13.2 Å². The SMILES string of the molecule is C/C1=C/C=C/C(C)C[C@@H](C)C(O)[C@@H](C)C(OC(=O)N2CCC(Nc3cccnc3)CC2)[C@H](C)C/C=C/OC2(C)Oc3c(C)c(O)c4c(O)c(c5c(c4c3C2=O)=NC2(CCN(CC(C)C)CC2)N=5)NC1=O.CO. The lowest BCUT2D eigenvalue weighted by Gasteiger charge is -2.37. The number of Topliss-reactive ketones (excluding diaryl/α,β-unsaturated/α-hetero) is 1. The first kappa shape index (κ1) is 53.8. The summed E-state index contributed by atoms with van der Waals surface area (Å²) in [7, 11) is 1.00. The maximum Gasteiger partial charge on any atom is 0.410 e. The highest BCUT2D eigenvalue weighted by Gasteiger charge is 2.50. The summed E-state index contributed by atoms with van der Waals surface area (Å²) >= 11 is 0. The molecule has 2 saturated heterocycles. The van der Waals surface area contributed by atoms with E-state index in [1.54, 1.807) is 43.3 Å². The fourth-order valence-corrected chi connectivity index (χ4v) is 10.9. The number of likely N-dealkylation sites (tertiary alicyclic amines) is 2. The summed E-state index contributed by atoms with van der Waals surface area (Å²) < 4.78 is 18.9. The molecular weight excluding hydrogens is 919 g/mol. The summed E-state index contributed by atoms with van der Waals surface area (Å²) in [4.78, 5) is 61.5. The number of fused-ring (bicyclic) bond motifs is 13. The van der Waals surface area contributed by atoms with Crippen LogP contribution in [-0.4, -0.2) is 123 Å². The molecule has 0 radical (unpaired) electrons. The van der Waals surface area contributed by atoms with Crippen LogP contribution >= 0.6 is 0 Å². The molecule has 0 saturated carbocycles. The monoisotopic (exact) mass is 994 g/mol. The number of phenolic OH excluding ortho intramolecular Hbond substituents is 2. The molecule has 72 heavy (non-hydrogen) atoms. The van der Waals surface area contributed by atoms with E-state index in [-0.39, 0.29) is 73.6 Å². The number of aliphatic hydroxyl groups is 2. The number of piperidine rings is 2. The van der Waals surface area contributed by atoms with Crippen molar-refractivity contribution in [1.29, 1.82) is 0 Å². The minimum atomic E-state index is -1.89. The van der Waals surface area contributed by atoms with Gasteiger partial charge in [0.1, 0.15) is 28.6 Å². The Hall–Kier alpha value is -6.04. The maximum absolute atomic E-state index is 14.8. The summed E-state index contributed by atoms with van der Waals surface area (Å²) in [5.74, 6) is -4.11. The highest BCUT2D eigenvalue weighted by Crippen LogP contribution is 2.50. The van der Waals surface area contributed by atoms with Gasteiger partial charge in [0.2, 0.25) is 0 Å².